The number of hydrogen-bond donors (Lipinski definition) is 1. The highest BCUT2D eigenvalue weighted by atomic mass is 15.1. The van der Waals surface area contributed by atoms with Crippen LogP contribution in [0, 0.1) is 0 Å². The van der Waals surface area contributed by atoms with Crippen molar-refractivity contribution in [3.63, 3.8) is 0 Å². The molecule has 1 N–H and O–H groups in total. The molecule has 3 rings (SSSR count). The van der Waals surface area contributed by atoms with Crippen LogP contribution < -0.4 is 5.32 Å². The fourth-order valence-electron chi connectivity index (χ4n) is 3.82. The summed E-state index contributed by atoms with van der Waals surface area (Å²) in [4.78, 5) is 2.66. The van der Waals surface area contributed by atoms with E-state index >= 15 is 0 Å². The SMILES string of the molecule is CCCCCCN1CCC(NCc2cccc3ccccc23)CC1. The first-order valence-electron chi connectivity index (χ1n) is 9.79. The molecule has 0 bridgehead atoms. The first kappa shape index (κ1) is 17.4. The van der Waals surface area contributed by atoms with Gasteiger partial charge >= 0.3 is 0 Å². The third-order valence-corrected chi connectivity index (χ3v) is 5.38. The number of piperidine rings is 1. The number of nitrogens with zero attached hydrogens (tertiary/aromatic N) is 1. The average Bonchev–Trinajstić information content (AvgIpc) is 2.64. The van der Waals surface area contributed by atoms with E-state index in [1.807, 2.05) is 0 Å². The smallest absolute Gasteiger partial charge is 0.0214 e. The molecule has 0 spiro atoms. The van der Waals surface area contributed by atoms with E-state index in [0.29, 0.717) is 6.04 Å². The predicted molar refractivity (Wildman–Crippen MR) is 104 cm³/mol. The summed E-state index contributed by atoms with van der Waals surface area (Å²) < 4.78 is 0. The molecule has 1 saturated heterocycles. The fraction of sp³-hybridized carbons (Fsp3) is 0.545. The Bertz CT molecular complexity index is 609. The lowest BCUT2D eigenvalue weighted by Crippen LogP contribution is -2.42. The molecule has 0 amide bonds. The maximum absolute atomic E-state index is 3.80. The van der Waals surface area contributed by atoms with Gasteiger partial charge in [0.05, 0.1) is 0 Å². The van der Waals surface area contributed by atoms with E-state index in [2.05, 4.69) is 59.6 Å². The Hall–Kier alpha value is -1.38. The maximum atomic E-state index is 3.80. The first-order chi connectivity index (χ1) is 11.9. The van der Waals surface area contributed by atoms with Crippen molar-refractivity contribution in [1.82, 2.24) is 10.2 Å². The molecule has 1 heterocycles. The standard InChI is InChI=1S/C22H32N2/c1-2-3-4-7-15-24-16-13-21(14-17-24)23-18-20-11-8-10-19-9-5-6-12-22(19)20/h5-6,8-12,21,23H,2-4,7,13-18H2,1H3. The number of unbranched alkanes of at least 4 members (excludes halogenated alkanes) is 3. The first-order valence-corrected chi connectivity index (χ1v) is 9.79. The fourth-order valence-corrected chi connectivity index (χ4v) is 3.82. The van der Waals surface area contributed by atoms with Crippen LogP contribution in [0.4, 0.5) is 0 Å². The van der Waals surface area contributed by atoms with Gasteiger partial charge in [-0.25, -0.2) is 0 Å². The minimum absolute atomic E-state index is 0.677. The molecule has 130 valence electrons. The Balaban J connectivity index is 1.43. The average molecular weight is 325 g/mol. The highest BCUT2D eigenvalue weighted by molar-refractivity contribution is 5.85. The third kappa shape index (κ3) is 4.81. The number of nitrogens with one attached hydrogen (secondary N) is 1. The summed E-state index contributed by atoms with van der Waals surface area (Å²) in [5.74, 6) is 0. The van der Waals surface area contributed by atoms with Gasteiger partial charge in [0.1, 0.15) is 0 Å². The molecule has 0 unspecified atom stereocenters. The van der Waals surface area contributed by atoms with Crippen LogP contribution in [-0.2, 0) is 6.54 Å². The predicted octanol–water partition coefficient (Wildman–Crippen LogP) is 4.97. The molecule has 0 radical (unpaired) electrons. The molecule has 0 aliphatic carbocycles. The summed E-state index contributed by atoms with van der Waals surface area (Å²) in [7, 11) is 0. The molecule has 2 heteroatoms. The number of hydrogen-bond acceptors (Lipinski definition) is 2. The normalized spacial score (nSPS) is 16.7. The van der Waals surface area contributed by atoms with Crippen molar-refractivity contribution in [1.29, 1.82) is 0 Å². The van der Waals surface area contributed by atoms with E-state index < -0.39 is 0 Å². The lowest BCUT2D eigenvalue weighted by molar-refractivity contribution is 0.194. The van der Waals surface area contributed by atoms with Gasteiger partial charge in [-0.3, -0.25) is 0 Å². The lowest BCUT2D eigenvalue weighted by atomic mass is 10.0. The summed E-state index contributed by atoms with van der Waals surface area (Å²) in [6.07, 6.45) is 8.08. The summed E-state index contributed by atoms with van der Waals surface area (Å²) in [5, 5.41) is 6.54. The molecule has 2 aromatic carbocycles. The zero-order chi connectivity index (χ0) is 16.6. The molecule has 1 aliphatic rings. The van der Waals surface area contributed by atoms with Gasteiger partial charge in [-0.15, -0.1) is 0 Å². The van der Waals surface area contributed by atoms with Gasteiger partial charge < -0.3 is 10.2 Å². The molecule has 0 aromatic heterocycles. The van der Waals surface area contributed by atoms with E-state index in [1.165, 1.54) is 74.5 Å². The molecule has 2 nitrogen and oxygen atoms in total. The van der Waals surface area contributed by atoms with Gasteiger partial charge in [-0.05, 0) is 55.2 Å². The van der Waals surface area contributed by atoms with E-state index in [9.17, 15) is 0 Å². The second-order valence-corrected chi connectivity index (χ2v) is 7.20. The zero-order valence-electron chi connectivity index (χ0n) is 15.1. The molecular formula is C22H32N2. The number of rotatable bonds is 8. The van der Waals surface area contributed by atoms with Crippen LogP contribution in [0.25, 0.3) is 10.8 Å². The Labute approximate surface area is 147 Å². The summed E-state index contributed by atoms with van der Waals surface area (Å²) in [5.41, 5.74) is 1.43. The van der Waals surface area contributed by atoms with Crippen LogP contribution in [0.15, 0.2) is 42.5 Å². The topological polar surface area (TPSA) is 15.3 Å². The van der Waals surface area contributed by atoms with Crippen LogP contribution in [0.5, 0.6) is 0 Å². The minimum atomic E-state index is 0.677. The molecule has 2 aromatic rings. The van der Waals surface area contributed by atoms with E-state index in [-0.39, 0.29) is 0 Å². The molecule has 24 heavy (non-hydrogen) atoms. The number of fused-ring (bicyclic) bond motifs is 1. The summed E-state index contributed by atoms with van der Waals surface area (Å²) in [6.45, 7) is 7.10. The van der Waals surface area contributed by atoms with Gasteiger partial charge in [0.2, 0.25) is 0 Å². The van der Waals surface area contributed by atoms with Crippen molar-refractivity contribution < 1.29 is 0 Å². The van der Waals surface area contributed by atoms with E-state index in [1.54, 1.807) is 0 Å². The Morgan fingerprint density at radius 1 is 0.958 bits per heavy atom. The van der Waals surface area contributed by atoms with E-state index in [4.69, 9.17) is 0 Å². The molecule has 1 fully saturated rings. The highest BCUT2D eigenvalue weighted by Crippen LogP contribution is 2.19. The zero-order valence-corrected chi connectivity index (χ0v) is 15.1. The summed E-state index contributed by atoms with van der Waals surface area (Å²) in [6, 6.07) is 16.0. The van der Waals surface area contributed by atoms with Crippen molar-refractivity contribution in [3.05, 3.63) is 48.0 Å². The number of likely N-dealkylation sites (tertiary alicyclic amines) is 1. The van der Waals surface area contributed by atoms with E-state index in [0.717, 1.165) is 6.54 Å². The largest absolute Gasteiger partial charge is 0.310 e. The van der Waals surface area contributed by atoms with Gasteiger partial charge in [-0.1, -0.05) is 68.7 Å². The van der Waals surface area contributed by atoms with Crippen molar-refractivity contribution in [3.8, 4) is 0 Å². The van der Waals surface area contributed by atoms with Crippen LogP contribution >= 0.6 is 0 Å². The van der Waals surface area contributed by atoms with Crippen LogP contribution in [0.2, 0.25) is 0 Å². The van der Waals surface area contributed by atoms with Crippen LogP contribution in [0.1, 0.15) is 51.0 Å². The second kappa shape index (κ2) is 9.19. The third-order valence-electron chi connectivity index (χ3n) is 5.38. The van der Waals surface area contributed by atoms with Gasteiger partial charge in [0.15, 0.2) is 0 Å². The minimum Gasteiger partial charge on any atom is -0.310 e. The van der Waals surface area contributed by atoms with Gasteiger partial charge in [0, 0.05) is 12.6 Å². The van der Waals surface area contributed by atoms with Crippen LogP contribution in [-0.4, -0.2) is 30.6 Å². The van der Waals surface area contributed by atoms with Crippen molar-refractivity contribution in [2.24, 2.45) is 0 Å². The number of benzene rings is 2. The Morgan fingerprint density at radius 2 is 1.75 bits per heavy atom. The molecule has 0 atom stereocenters. The van der Waals surface area contributed by atoms with Gasteiger partial charge in [-0.2, -0.15) is 0 Å². The molecule has 1 aliphatic heterocycles. The highest BCUT2D eigenvalue weighted by Gasteiger charge is 2.18. The Morgan fingerprint density at radius 3 is 2.58 bits per heavy atom. The maximum Gasteiger partial charge on any atom is 0.0214 e. The lowest BCUT2D eigenvalue weighted by Gasteiger charge is -2.32. The second-order valence-electron chi connectivity index (χ2n) is 7.20. The van der Waals surface area contributed by atoms with Crippen molar-refractivity contribution >= 4 is 10.8 Å². The van der Waals surface area contributed by atoms with Crippen molar-refractivity contribution in [2.45, 2.75) is 58.0 Å². The van der Waals surface area contributed by atoms with Crippen molar-refractivity contribution in [2.75, 3.05) is 19.6 Å². The van der Waals surface area contributed by atoms with Crippen LogP contribution in [0.3, 0.4) is 0 Å². The Kier molecular flexibility index (Phi) is 6.68. The molecular weight excluding hydrogens is 292 g/mol. The monoisotopic (exact) mass is 324 g/mol. The quantitative estimate of drug-likeness (QED) is 0.689. The van der Waals surface area contributed by atoms with Gasteiger partial charge in [0.25, 0.3) is 0 Å². The molecule has 0 saturated carbocycles. The summed E-state index contributed by atoms with van der Waals surface area (Å²) >= 11 is 0.